The van der Waals surface area contributed by atoms with Crippen molar-refractivity contribution in [3.8, 4) is 22.8 Å². The van der Waals surface area contributed by atoms with Crippen LogP contribution in [0.2, 0.25) is 0 Å². The van der Waals surface area contributed by atoms with Crippen LogP contribution in [0.4, 0.5) is 17.6 Å². The molecule has 2 heterocycles. The van der Waals surface area contributed by atoms with Gasteiger partial charge in [0.1, 0.15) is 24.0 Å². The molecule has 0 radical (unpaired) electrons. The number of carbonyl (C=O) groups is 1. The van der Waals surface area contributed by atoms with Gasteiger partial charge in [0, 0.05) is 21.3 Å². The van der Waals surface area contributed by atoms with E-state index in [9.17, 15) is 22.4 Å². The van der Waals surface area contributed by atoms with Crippen LogP contribution in [0.3, 0.4) is 0 Å². The number of alkyl halides is 3. The third-order valence-corrected chi connectivity index (χ3v) is 6.00. The van der Waals surface area contributed by atoms with Crippen LogP contribution in [-0.4, -0.2) is 22.1 Å². The standard InChI is InChI=1S/C27H21BrF4N2O3/c1-3-36-26(35)22-5-4-6-25(33-22)34-16(2)7-11-23(34)20-13-18(27(30,31)32)9-12-24(20)37-15-17-8-10-19(28)14-21(17)29/h4-14H,3,15H2,1-2H3. The van der Waals surface area contributed by atoms with E-state index < -0.39 is 23.5 Å². The Kier molecular flexibility index (Phi) is 7.68. The number of nitrogens with zero attached hydrogens (tertiary/aromatic N) is 2. The summed E-state index contributed by atoms with van der Waals surface area (Å²) < 4.78 is 68.3. The second-order valence-corrected chi connectivity index (χ2v) is 8.95. The third kappa shape index (κ3) is 5.85. The van der Waals surface area contributed by atoms with Crippen LogP contribution in [0.1, 0.15) is 34.2 Å². The van der Waals surface area contributed by atoms with E-state index in [4.69, 9.17) is 9.47 Å². The van der Waals surface area contributed by atoms with Crippen molar-refractivity contribution in [3.63, 3.8) is 0 Å². The number of halogens is 5. The number of pyridine rings is 1. The zero-order valence-corrected chi connectivity index (χ0v) is 21.4. The number of esters is 1. The summed E-state index contributed by atoms with van der Waals surface area (Å²) >= 11 is 3.19. The fraction of sp³-hybridized carbons (Fsp3) is 0.185. The summed E-state index contributed by atoms with van der Waals surface area (Å²) in [5.41, 5.74) is 0.565. The Morgan fingerprint density at radius 3 is 2.54 bits per heavy atom. The molecule has 5 nitrogen and oxygen atoms in total. The summed E-state index contributed by atoms with van der Waals surface area (Å²) in [7, 11) is 0. The molecule has 0 aliphatic carbocycles. The van der Waals surface area contributed by atoms with Crippen molar-refractivity contribution in [1.82, 2.24) is 9.55 Å². The molecule has 2 aromatic heterocycles. The molecule has 4 aromatic rings. The molecule has 0 saturated carbocycles. The molecular weight excluding hydrogens is 556 g/mol. The van der Waals surface area contributed by atoms with Crippen LogP contribution in [0, 0.1) is 12.7 Å². The van der Waals surface area contributed by atoms with Gasteiger partial charge in [0.05, 0.1) is 17.9 Å². The van der Waals surface area contributed by atoms with Crippen LogP contribution in [0.25, 0.3) is 17.1 Å². The SMILES string of the molecule is CCOC(=O)c1cccc(-n2c(C)ccc2-c2cc(C(F)(F)F)ccc2OCc2ccc(Br)cc2F)n1. The van der Waals surface area contributed by atoms with E-state index in [1.165, 1.54) is 24.3 Å². The molecule has 2 aromatic carbocycles. The van der Waals surface area contributed by atoms with Gasteiger partial charge in [0.2, 0.25) is 0 Å². The Balaban J connectivity index is 1.81. The van der Waals surface area contributed by atoms with Crippen LogP contribution < -0.4 is 4.74 Å². The predicted octanol–water partition coefficient (Wildman–Crippen LogP) is 7.52. The summed E-state index contributed by atoms with van der Waals surface area (Å²) in [6.07, 6.45) is -4.60. The van der Waals surface area contributed by atoms with E-state index in [0.29, 0.717) is 21.7 Å². The van der Waals surface area contributed by atoms with Crippen LogP contribution in [-0.2, 0) is 17.5 Å². The molecule has 192 valence electrons. The van der Waals surface area contributed by atoms with E-state index in [1.54, 1.807) is 48.7 Å². The Morgan fingerprint density at radius 2 is 1.84 bits per heavy atom. The van der Waals surface area contributed by atoms with Gasteiger partial charge >= 0.3 is 12.1 Å². The highest BCUT2D eigenvalue weighted by atomic mass is 79.9. The Labute approximate surface area is 218 Å². The number of benzene rings is 2. The minimum Gasteiger partial charge on any atom is -0.488 e. The topological polar surface area (TPSA) is 53.4 Å². The van der Waals surface area contributed by atoms with Crippen LogP contribution >= 0.6 is 15.9 Å². The van der Waals surface area contributed by atoms with Gasteiger partial charge in [0.15, 0.2) is 5.69 Å². The number of rotatable bonds is 7. The van der Waals surface area contributed by atoms with E-state index >= 15 is 0 Å². The maximum absolute atomic E-state index is 14.3. The van der Waals surface area contributed by atoms with Crippen molar-refractivity contribution in [1.29, 1.82) is 0 Å². The zero-order chi connectivity index (χ0) is 26.7. The van der Waals surface area contributed by atoms with Gasteiger partial charge in [-0.2, -0.15) is 13.2 Å². The Morgan fingerprint density at radius 1 is 1.05 bits per heavy atom. The molecule has 10 heteroatoms. The first kappa shape index (κ1) is 26.4. The van der Waals surface area contributed by atoms with Crippen molar-refractivity contribution < 1.29 is 31.8 Å². The molecule has 0 atom stereocenters. The Bertz CT molecular complexity index is 1450. The lowest BCUT2D eigenvalue weighted by molar-refractivity contribution is -0.137. The molecule has 0 spiro atoms. The minimum absolute atomic E-state index is 0.0598. The first-order chi connectivity index (χ1) is 17.6. The number of hydrogen-bond donors (Lipinski definition) is 0. The maximum atomic E-state index is 14.3. The van der Waals surface area contributed by atoms with Gasteiger partial charge in [-0.25, -0.2) is 14.2 Å². The third-order valence-electron chi connectivity index (χ3n) is 5.51. The largest absolute Gasteiger partial charge is 0.488 e. The molecule has 0 aliphatic heterocycles. The van der Waals surface area contributed by atoms with Gasteiger partial charge in [-0.3, -0.25) is 4.57 Å². The van der Waals surface area contributed by atoms with E-state index in [2.05, 4.69) is 20.9 Å². The fourth-order valence-electron chi connectivity index (χ4n) is 3.75. The second-order valence-electron chi connectivity index (χ2n) is 8.03. The van der Waals surface area contributed by atoms with E-state index in [0.717, 1.165) is 12.1 Å². The number of aromatic nitrogens is 2. The molecule has 0 unspecified atom stereocenters. The quantitative estimate of drug-likeness (QED) is 0.168. The monoisotopic (exact) mass is 576 g/mol. The first-order valence-electron chi connectivity index (χ1n) is 11.2. The molecule has 0 bridgehead atoms. The van der Waals surface area contributed by atoms with E-state index in [1.807, 2.05) is 0 Å². The summed E-state index contributed by atoms with van der Waals surface area (Å²) in [5.74, 6) is -0.695. The van der Waals surface area contributed by atoms with E-state index in [-0.39, 0.29) is 35.8 Å². The molecule has 0 amide bonds. The highest BCUT2D eigenvalue weighted by Gasteiger charge is 2.32. The lowest BCUT2D eigenvalue weighted by Crippen LogP contribution is -2.11. The molecular formula is C27H21BrF4N2O3. The van der Waals surface area contributed by atoms with Gasteiger partial charge in [-0.15, -0.1) is 0 Å². The average Bonchev–Trinajstić information content (AvgIpc) is 3.24. The number of ether oxygens (including phenoxy) is 2. The summed E-state index contributed by atoms with van der Waals surface area (Å²) in [6, 6.07) is 15.6. The van der Waals surface area contributed by atoms with Crippen LogP contribution in [0.5, 0.6) is 5.75 Å². The van der Waals surface area contributed by atoms with Gasteiger partial charge in [-0.1, -0.05) is 28.1 Å². The highest BCUT2D eigenvalue weighted by Crippen LogP contribution is 2.39. The number of carbonyl (C=O) groups excluding carboxylic acids is 1. The van der Waals surface area contributed by atoms with Crippen LogP contribution in [0.15, 0.2) is 71.2 Å². The fourth-order valence-corrected chi connectivity index (χ4v) is 4.08. The highest BCUT2D eigenvalue weighted by molar-refractivity contribution is 9.10. The van der Waals surface area contributed by atoms with Gasteiger partial charge < -0.3 is 9.47 Å². The normalized spacial score (nSPS) is 11.4. The van der Waals surface area contributed by atoms with Crippen molar-refractivity contribution in [3.05, 3.63) is 99.5 Å². The smallest absolute Gasteiger partial charge is 0.416 e. The molecule has 0 N–H and O–H groups in total. The summed E-state index contributed by atoms with van der Waals surface area (Å²) in [4.78, 5) is 16.6. The molecule has 4 rings (SSSR count). The zero-order valence-electron chi connectivity index (χ0n) is 19.8. The summed E-state index contributed by atoms with van der Waals surface area (Å²) in [5, 5.41) is 0. The van der Waals surface area contributed by atoms with Crippen molar-refractivity contribution in [2.75, 3.05) is 6.61 Å². The van der Waals surface area contributed by atoms with Gasteiger partial charge in [0.25, 0.3) is 0 Å². The molecule has 0 saturated heterocycles. The first-order valence-corrected chi connectivity index (χ1v) is 12.0. The molecule has 0 fully saturated rings. The van der Waals surface area contributed by atoms with Crippen molar-refractivity contribution in [2.45, 2.75) is 26.6 Å². The maximum Gasteiger partial charge on any atom is 0.416 e. The number of aryl methyl sites for hydroxylation is 1. The molecule has 0 aliphatic rings. The number of hydrogen-bond acceptors (Lipinski definition) is 4. The Hall–Kier alpha value is -3.66. The van der Waals surface area contributed by atoms with Crippen molar-refractivity contribution in [2.24, 2.45) is 0 Å². The predicted molar refractivity (Wildman–Crippen MR) is 133 cm³/mol. The minimum atomic E-state index is -4.60. The van der Waals surface area contributed by atoms with Crippen molar-refractivity contribution >= 4 is 21.9 Å². The average molecular weight is 577 g/mol. The van der Waals surface area contributed by atoms with Gasteiger partial charge in [-0.05, 0) is 68.4 Å². The lowest BCUT2D eigenvalue weighted by atomic mass is 10.1. The molecule has 37 heavy (non-hydrogen) atoms. The lowest BCUT2D eigenvalue weighted by Gasteiger charge is -2.18. The second kappa shape index (κ2) is 10.8. The summed E-state index contributed by atoms with van der Waals surface area (Å²) in [6.45, 7) is 3.40.